The zero-order valence-corrected chi connectivity index (χ0v) is 30.7. The molecule has 0 aliphatic carbocycles. The van der Waals surface area contributed by atoms with Crippen LogP contribution in [0.25, 0.3) is 22.3 Å². The molecule has 0 amide bonds. The molecule has 3 saturated heterocycles. The lowest BCUT2D eigenvalue weighted by atomic mass is 9.97. The summed E-state index contributed by atoms with van der Waals surface area (Å²) in [6, 6.07) is 5.79. The first-order chi connectivity index (χ1) is 26.9. The van der Waals surface area contributed by atoms with Crippen LogP contribution < -0.4 is 14.9 Å². The first-order valence-electron chi connectivity index (χ1n) is 17.7. The molecule has 3 aliphatic heterocycles. The molecular weight excluding hydrogens is 768 g/mol. The highest BCUT2D eigenvalue weighted by molar-refractivity contribution is 5.88. The van der Waals surface area contributed by atoms with Crippen LogP contribution in [0.4, 0.5) is 0 Å². The van der Waals surface area contributed by atoms with Crippen LogP contribution in [0.2, 0.25) is 0 Å². The summed E-state index contributed by atoms with van der Waals surface area (Å²) in [5, 5.41) is 105. The predicted octanol–water partition coefficient (Wildman–Crippen LogP) is -1.96. The monoisotopic (exact) mass is 812 g/mol. The fraction of sp³-hybridized carbons (Fsp3) is 0.556. The third kappa shape index (κ3) is 8.32. The lowest BCUT2D eigenvalue weighted by Gasteiger charge is -2.46. The van der Waals surface area contributed by atoms with Crippen LogP contribution in [-0.2, 0) is 33.2 Å². The number of esters is 1. The van der Waals surface area contributed by atoms with E-state index in [0.717, 1.165) is 25.1 Å². The van der Waals surface area contributed by atoms with E-state index in [1.165, 1.54) is 33.1 Å². The van der Waals surface area contributed by atoms with Gasteiger partial charge in [-0.1, -0.05) is 0 Å². The zero-order chi connectivity index (χ0) is 41.6. The third-order valence-corrected chi connectivity index (χ3v) is 9.86. The Kier molecular flexibility index (Phi) is 12.5. The number of phenolic OH excluding ortho intramolecular Hbond substituents is 3. The third-order valence-electron chi connectivity index (χ3n) is 9.86. The maximum Gasteiger partial charge on any atom is 0.303 e. The second-order valence-electron chi connectivity index (χ2n) is 13.8. The van der Waals surface area contributed by atoms with Gasteiger partial charge in [-0.15, -0.1) is 0 Å². The van der Waals surface area contributed by atoms with Gasteiger partial charge in [0.1, 0.15) is 77.4 Å². The molecule has 1 aromatic heterocycles. The zero-order valence-electron chi connectivity index (χ0n) is 30.7. The number of carbonyl (C=O) groups excluding carboxylic acids is 1. The van der Waals surface area contributed by atoms with Gasteiger partial charge < -0.3 is 93.4 Å². The van der Waals surface area contributed by atoms with Gasteiger partial charge in [-0.2, -0.15) is 0 Å². The molecule has 15 atom stereocenters. The Bertz CT molecular complexity index is 1970. The molecule has 4 heterocycles. The first kappa shape index (κ1) is 42.3. The highest BCUT2D eigenvalue weighted by Gasteiger charge is 2.52. The number of carbonyl (C=O) groups is 1. The summed E-state index contributed by atoms with van der Waals surface area (Å²) in [6.45, 7) is 3.22. The van der Waals surface area contributed by atoms with Crippen LogP contribution >= 0.6 is 0 Å². The van der Waals surface area contributed by atoms with Gasteiger partial charge in [0.15, 0.2) is 35.9 Å². The van der Waals surface area contributed by atoms with Gasteiger partial charge >= 0.3 is 5.97 Å². The van der Waals surface area contributed by atoms with Crippen molar-refractivity contribution in [1.82, 2.24) is 0 Å². The van der Waals surface area contributed by atoms with E-state index < -0.39 is 139 Å². The summed E-state index contributed by atoms with van der Waals surface area (Å²) in [6.07, 6.45) is -24.5. The number of hydrogen-bond acceptors (Lipinski definition) is 21. The highest BCUT2D eigenvalue weighted by atomic mass is 16.8. The van der Waals surface area contributed by atoms with E-state index in [2.05, 4.69) is 0 Å². The minimum Gasteiger partial charge on any atom is -0.507 e. The summed E-state index contributed by atoms with van der Waals surface area (Å²) in [5.41, 5.74) is -1.22. The standard InChI is InChI=1S/C36H44O21/c1-11-22(41)25(44)27(46)35(51-11)57-33-29(48)34(52-12(2)30(33)53-13(3)37)50-10-20-23(42)26(45)28(47)36(55-20)56-32-24(43)21-18(40)8-15(49-4)9-19(21)54-31(32)14-5-6-16(38)17(39)7-14/h5-9,11-12,20,22-23,25-30,33-36,38-42,44-48H,10H2,1-4H3. The SMILES string of the molecule is COc1cc(O)c2c(=O)c(OC3OC(COC4OC(C)C(OC(C)=O)C(OC5OC(C)C(O)C(O)C5O)C4O)C(O)C(O)C3O)c(-c3ccc(O)c(O)c3)oc2c1. The van der Waals surface area contributed by atoms with Crippen LogP contribution in [0, 0.1) is 0 Å². The topological polar surface area (TPSA) is 323 Å². The van der Waals surface area contributed by atoms with Crippen LogP contribution in [-0.4, -0.2) is 163 Å². The molecular formula is C36H44O21. The Hall–Kier alpha value is -4.36. The van der Waals surface area contributed by atoms with E-state index in [4.69, 9.17) is 42.3 Å². The van der Waals surface area contributed by atoms with Gasteiger partial charge in [0.25, 0.3) is 0 Å². The van der Waals surface area contributed by atoms with Crippen molar-refractivity contribution >= 4 is 16.9 Å². The molecule has 10 N–H and O–H groups in total. The molecule has 0 bridgehead atoms. The minimum atomic E-state index is -2.03. The van der Waals surface area contributed by atoms with Crippen LogP contribution in [0.5, 0.6) is 28.7 Å². The molecule has 2 aromatic carbocycles. The molecule has 21 nitrogen and oxygen atoms in total. The van der Waals surface area contributed by atoms with E-state index >= 15 is 0 Å². The lowest BCUT2D eigenvalue weighted by molar-refractivity contribution is -0.359. The van der Waals surface area contributed by atoms with Gasteiger partial charge in [-0.25, -0.2) is 0 Å². The predicted molar refractivity (Wildman–Crippen MR) is 186 cm³/mol. The fourth-order valence-corrected chi connectivity index (χ4v) is 6.71. The average Bonchev–Trinajstić information content (AvgIpc) is 3.16. The van der Waals surface area contributed by atoms with Crippen molar-refractivity contribution in [3.05, 3.63) is 40.6 Å². The van der Waals surface area contributed by atoms with Crippen LogP contribution in [0.15, 0.2) is 39.5 Å². The number of aliphatic hydroxyl groups excluding tert-OH is 7. The van der Waals surface area contributed by atoms with Crippen molar-refractivity contribution in [2.45, 2.75) is 113 Å². The Balaban J connectivity index is 1.26. The number of aliphatic hydroxyl groups is 7. The van der Waals surface area contributed by atoms with Gasteiger partial charge in [0, 0.05) is 24.6 Å². The number of rotatable bonds is 10. The molecule has 314 valence electrons. The van der Waals surface area contributed by atoms with Crippen LogP contribution in [0.3, 0.4) is 0 Å². The second-order valence-corrected chi connectivity index (χ2v) is 13.8. The van der Waals surface area contributed by atoms with E-state index in [1.807, 2.05) is 0 Å². The first-order valence-corrected chi connectivity index (χ1v) is 17.7. The Labute approximate surface area is 322 Å². The van der Waals surface area contributed by atoms with Gasteiger partial charge in [0.2, 0.25) is 17.5 Å². The number of hydrogen-bond donors (Lipinski definition) is 10. The summed E-state index contributed by atoms with van der Waals surface area (Å²) in [5.74, 6) is -3.47. The summed E-state index contributed by atoms with van der Waals surface area (Å²) >= 11 is 0. The van der Waals surface area contributed by atoms with Crippen molar-refractivity contribution in [2.24, 2.45) is 0 Å². The molecule has 21 heteroatoms. The molecule has 3 fully saturated rings. The molecule has 0 radical (unpaired) electrons. The quantitative estimate of drug-likeness (QED) is 0.0785. The molecule has 0 spiro atoms. The smallest absolute Gasteiger partial charge is 0.303 e. The average molecular weight is 813 g/mol. The second kappa shape index (κ2) is 16.9. The number of methoxy groups -OCH3 is 1. The number of fused-ring (bicyclic) bond motifs is 1. The van der Waals surface area contributed by atoms with Gasteiger partial charge in [-0.05, 0) is 32.0 Å². The van der Waals surface area contributed by atoms with E-state index in [0.29, 0.717) is 0 Å². The normalized spacial score (nSPS) is 35.8. The Morgan fingerprint density at radius 3 is 2.05 bits per heavy atom. The lowest BCUT2D eigenvalue weighted by Crippen LogP contribution is -2.64. The van der Waals surface area contributed by atoms with Gasteiger partial charge in [0.05, 0.1) is 25.9 Å². The largest absolute Gasteiger partial charge is 0.507 e. The molecule has 6 rings (SSSR count). The van der Waals surface area contributed by atoms with Crippen molar-refractivity contribution in [2.75, 3.05) is 13.7 Å². The van der Waals surface area contributed by atoms with E-state index in [9.17, 15) is 60.7 Å². The molecule has 57 heavy (non-hydrogen) atoms. The molecule has 3 aromatic rings. The summed E-state index contributed by atoms with van der Waals surface area (Å²) < 4.78 is 50.8. The van der Waals surface area contributed by atoms with E-state index in [1.54, 1.807) is 0 Å². The fourth-order valence-electron chi connectivity index (χ4n) is 6.71. The minimum absolute atomic E-state index is 0.0277. The van der Waals surface area contributed by atoms with Crippen molar-refractivity contribution in [3.63, 3.8) is 0 Å². The molecule has 15 unspecified atom stereocenters. The Morgan fingerprint density at radius 2 is 1.39 bits per heavy atom. The van der Waals surface area contributed by atoms with E-state index in [-0.39, 0.29) is 22.7 Å². The van der Waals surface area contributed by atoms with Crippen molar-refractivity contribution in [1.29, 1.82) is 0 Å². The van der Waals surface area contributed by atoms with Gasteiger partial charge in [-0.3, -0.25) is 9.59 Å². The van der Waals surface area contributed by atoms with Crippen molar-refractivity contribution in [3.8, 4) is 40.1 Å². The van der Waals surface area contributed by atoms with Crippen molar-refractivity contribution < 1.29 is 98.2 Å². The van der Waals surface area contributed by atoms with Crippen LogP contribution in [0.1, 0.15) is 20.8 Å². The number of aromatic hydroxyl groups is 3. The summed E-state index contributed by atoms with van der Waals surface area (Å²) in [4.78, 5) is 25.9. The number of benzene rings is 2. The molecule has 3 aliphatic rings. The molecule has 0 saturated carbocycles. The summed E-state index contributed by atoms with van der Waals surface area (Å²) in [7, 11) is 1.31. The number of ether oxygens (including phenoxy) is 8. The Morgan fingerprint density at radius 1 is 0.719 bits per heavy atom. The number of phenols is 3. The highest BCUT2D eigenvalue weighted by Crippen LogP contribution is 2.40. The maximum absolute atomic E-state index is 13.9. The maximum atomic E-state index is 13.9.